The summed E-state index contributed by atoms with van der Waals surface area (Å²) in [5.74, 6) is 0.0658. The van der Waals surface area contributed by atoms with Crippen molar-refractivity contribution in [1.82, 2.24) is 15.6 Å². The Morgan fingerprint density at radius 1 is 1.52 bits per heavy atom. The van der Waals surface area contributed by atoms with Crippen LogP contribution in [0.1, 0.15) is 5.69 Å². The van der Waals surface area contributed by atoms with Crippen LogP contribution in [0.25, 0.3) is 0 Å². The molecule has 1 amide bonds. The highest BCUT2D eigenvalue weighted by Gasteiger charge is 2.18. The van der Waals surface area contributed by atoms with E-state index in [-0.39, 0.29) is 16.0 Å². The number of hydrogen-bond donors (Lipinski definition) is 3. The molecule has 0 aliphatic rings. The third kappa shape index (κ3) is 4.66. The van der Waals surface area contributed by atoms with Gasteiger partial charge in [0.15, 0.2) is 10.7 Å². The van der Waals surface area contributed by atoms with E-state index >= 15 is 0 Å². The average molecular weight is 403 g/mol. The highest BCUT2D eigenvalue weighted by molar-refractivity contribution is 9.10. The Morgan fingerprint density at radius 2 is 2.35 bits per heavy atom. The third-order valence-corrected chi connectivity index (χ3v) is 4.06. The predicted molar refractivity (Wildman–Crippen MR) is 84.8 cm³/mol. The van der Waals surface area contributed by atoms with Gasteiger partial charge in [-0.15, -0.1) is 0 Å². The van der Waals surface area contributed by atoms with Crippen LogP contribution in [0.5, 0.6) is 0 Å². The van der Waals surface area contributed by atoms with Crippen LogP contribution in [0.2, 0.25) is 0 Å². The highest BCUT2D eigenvalue weighted by Crippen LogP contribution is 2.23. The Morgan fingerprint density at radius 3 is 3.04 bits per heavy atom. The molecular formula is C12H10BrFN5O3S. The lowest BCUT2D eigenvalue weighted by molar-refractivity contribution is 0.297. The van der Waals surface area contributed by atoms with Crippen molar-refractivity contribution in [3.05, 3.63) is 34.2 Å². The first-order valence-electron chi connectivity index (χ1n) is 6.15. The number of hydrogen-bond acceptors (Lipinski definition) is 7. The standard InChI is InChI=1S/C12H10BrFN5O3S/c13-8-5-7(1-2-9(8)14)16-11(17-21)10-12(19-22-18-10)23-4-3-15-6-20/h1-2,5,21H,3-4H2,(H,15,20)(H,16,17). The van der Waals surface area contributed by atoms with E-state index in [1.807, 2.05) is 0 Å². The molecule has 0 atom stereocenters. The Labute approximate surface area is 142 Å². The van der Waals surface area contributed by atoms with Gasteiger partial charge in [-0.2, -0.15) is 0 Å². The summed E-state index contributed by atoms with van der Waals surface area (Å²) in [7, 11) is 0. The van der Waals surface area contributed by atoms with Crippen molar-refractivity contribution in [3.63, 3.8) is 0 Å². The first-order chi connectivity index (χ1) is 11.2. The summed E-state index contributed by atoms with van der Waals surface area (Å²) in [5.41, 5.74) is 0.662. The average Bonchev–Trinajstić information content (AvgIpc) is 3.01. The van der Waals surface area contributed by atoms with Gasteiger partial charge in [-0.05, 0) is 44.4 Å². The molecule has 0 aliphatic heterocycles. The van der Waals surface area contributed by atoms with Crippen molar-refractivity contribution in [1.29, 1.82) is 0 Å². The van der Waals surface area contributed by atoms with Crippen LogP contribution in [0, 0.1) is 5.82 Å². The van der Waals surface area contributed by atoms with Gasteiger partial charge in [0.2, 0.25) is 5.84 Å². The van der Waals surface area contributed by atoms with Crippen molar-refractivity contribution in [2.75, 3.05) is 17.6 Å². The maximum absolute atomic E-state index is 13.2. The number of carbonyl (C=O) groups excluding carboxylic acids is 1. The second-order valence-corrected chi connectivity index (χ2v) is 5.94. The summed E-state index contributed by atoms with van der Waals surface area (Å²) < 4.78 is 18.1. The lowest BCUT2D eigenvalue weighted by atomic mass is 10.3. The van der Waals surface area contributed by atoms with Crippen LogP contribution in [-0.4, -0.2) is 40.1 Å². The molecule has 1 aromatic heterocycles. The van der Waals surface area contributed by atoms with E-state index in [1.165, 1.54) is 30.0 Å². The summed E-state index contributed by atoms with van der Waals surface area (Å²) in [6.07, 6.45) is 1.55. The van der Waals surface area contributed by atoms with Gasteiger partial charge < -0.3 is 15.8 Å². The number of benzene rings is 1. The first kappa shape index (κ1) is 17.2. The molecule has 3 N–H and O–H groups in total. The van der Waals surface area contributed by atoms with Crippen molar-refractivity contribution in [2.45, 2.75) is 5.03 Å². The number of amidine groups is 1. The van der Waals surface area contributed by atoms with Gasteiger partial charge in [0.05, 0.1) is 4.47 Å². The second-order valence-electron chi connectivity index (χ2n) is 4.00. The minimum atomic E-state index is -0.420. The fraction of sp³-hybridized carbons (Fsp3) is 0.167. The van der Waals surface area contributed by atoms with E-state index in [1.54, 1.807) is 6.41 Å². The fourth-order valence-corrected chi connectivity index (χ4v) is 2.64. The maximum Gasteiger partial charge on any atom is 0.309 e. The Hall–Kier alpha value is -2.14. The van der Waals surface area contributed by atoms with E-state index in [9.17, 15) is 14.4 Å². The first-order valence-corrected chi connectivity index (χ1v) is 7.93. The zero-order valence-electron chi connectivity index (χ0n) is 11.4. The number of anilines is 1. The number of amides is 1. The fourth-order valence-electron chi connectivity index (χ4n) is 1.51. The van der Waals surface area contributed by atoms with Crippen LogP contribution < -0.4 is 10.6 Å². The van der Waals surface area contributed by atoms with E-state index in [2.05, 4.69) is 46.7 Å². The largest absolute Gasteiger partial charge is 0.409 e. The summed E-state index contributed by atoms with van der Waals surface area (Å²) in [4.78, 5) is 10.1. The number of oxime groups is 1. The molecule has 0 bridgehead atoms. The van der Waals surface area contributed by atoms with Gasteiger partial charge >= 0.3 is 6.41 Å². The summed E-state index contributed by atoms with van der Waals surface area (Å²) in [6, 6.07) is 4.19. The molecule has 0 spiro atoms. The molecule has 121 valence electrons. The van der Waals surface area contributed by atoms with Gasteiger partial charge in [-0.1, -0.05) is 16.9 Å². The molecule has 11 heteroatoms. The van der Waals surface area contributed by atoms with Crippen LogP contribution >= 0.6 is 27.7 Å². The normalized spacial score (nSPS) is 11.3. The number of nitrogens with one attached hydrogen (secondary N) is 2. The molecule has 8 nitrogen and oxygen atoms in total. The van der Waals surface area contributed by atoms with Crippen LogP contribution in [0.4, 0.5) is 10.1 Å². The molecule has 1 aromatic carbocycles. The smallest absolute Gasteiger partial charge is 0.309 e. The van der Waals surface area contributed by atoms with Gasteiger partial charge in [0.1, 0.15) is 5.82 Å². The molecule has 0 saturated heterocycles. The zero-order valence-corrected chi connectivity index (χ0v) is 13.8. The van der Waals surface area contributed by atoms with E-state index in [4.69, 9.17) is 0 Å². The molecule has 0 aliphatic carbocycles. The van der Waals surface area contributed by atoms with Crippen LogP contribution in [0.15, 0.2) is 37.5 Å². The summed E-state index contributed by atoms with van der Waals surface area (Å²) >= 11 is 4.31. The molecular weight excluding hydrogens is 393 g/mol. The van der Waals surface area contributed by atoms with Crippen molar-refractivity contribution in [2.24, 2.45) is 5.16 Å². The minimum absolute atomic E-state index is 0.0119. The lowest BCUT2D eigenvalue weighted by Gasteiger charge is -2.07. The predicted octanol–water partition coefficient (Wildman–Crippen LogP) is 1.97. The molecule has 0 saturated carbocycles. The third-order valence-electron chi connectivity index (χ3n) is 2.50. The van der Waals surface area contributed by atoms with Crippen molar-refractivity contribution < 1.29 is 19.0 Å². The number of thioether (sulfide) groups is 1. The van der Waals surface area contributed by atoms with E-state index in [0.29, 0.717) is 23.0 Å². The van der Waals surface area contributed by atoms with Crippen LogP contribution in [0.3, 0.4) is 0 Å². The molecule has 23 heavy (non-hydrogen) atoms. The number of rotatable bonds is 7. The van der Waals surface area contributed by atoms with Crippen LogP contribution in [-0.2, 0) is 4.79 Å². The summed E-state index contributed by atoms with van der Waals surface area (Å²) in [5, 5.41) is 25.2. The summed E-state index contributed by atoms with van der Waals surface area (Å²) in [6.45, 7) is 0.379. The molecule has 0 fully saturated rings. The second kappa shape index (κ2) is 8.48. The topological polar surface area (TPSA) is 113 Å². The van der Waals surface area contributed by atoms with Gasteiger partial charge in [-0.3, -0.25) is 4.79 Å². The molecule has 1 heterocycles. The van der Waals surface area contributed by atoms with E-state index in [0.717, 1.165) is 0 Å². The van der Waals surface area contributed by atoms with Gasteiger partial charge in [-0.25, -0.2) is 9.02 Å². The molecule has 2 aromatic rings. The van der Waals surface area contributed by atoms with Gasteiger partial charge in [0.25, 0.3) is 0 Å². The molecule has 2 rings (SSSR count). The zero-order chi connectivity index (χ0) is 16.7. The van der Waals surface area contributed by atoms with E-state index < -0.39 is 5.82 Å². The van der Waals surface area contributed by atoms with Crippen molar-refractivity contribution >= 4 is 45.6 Å². The molecule has 1 radical (unpaired) electrons. The Balaban J connectivity index is 2.10. The Bertz CT molecular complexity index is 712. The number of aromatic nitrogens is 2. The van der Waals surface area contributed by atoms with Gasteiger partial charge in [0, 0.05) is 18.0 Å². The highest BCUT2D eigenvalue weighted by atomic mass is 79.9. The SMILES string of the molecule is O=[C]NCCSc1nonc1/C(=N\O)Nc1ccc(F)c(Br)c1. The molecule has 0 unspecified atom stereocenters. The lowest BCUT2D eigenvalue weighted by Crippen LogP contribution is -2.16. The van der Waals surface area contributed by atoms with Crippen molar-refractivity contribution in [3.8, 4) is 0 Å². The maximum atomic E-state index is 13.2. The number of nitrogens with zero attached hydrogens (tertiary/aromatic N) is 3. The number of halogens is 2. The minimum Gasteiger partial charge on any atom is -0.409 e. The Kier molecular flexibility index (Phi) is 6.35. The quantitative estimate of drug-likeness (QED) is 0.123. The monoisotopic (exact) mass is 402 g/mol.